The fraction of sp³-hybridized carbons (Fsp3) is 0.476. The van der Waals surface area contributed by atoms with E-state index >= 15 is 0 Å². The second-order valence-corrected chi connectivity index (χ2v) is 7.10. The van der Waals surface area contributed by atoms with E-state index in [0.29, 0.717) is 44.9 Å². The van der Waals surface area contributed by atoms with Crippen LogP contribution in [-0.4, -0.2) is 71.5 Å². The zero-order valence-electron chi connectivity index (χ0n) is 16.9. The highest BCUT2D eigenvalue weighted by Gasteiger charge is 2.30. The summed E-state index contributed by atoms with van der Waals surface area (Å²) >= 11 is 0. The van der Waals surface area contributed by atoms with E-state index in [0.717, 1.165) is 17.3 Å². The second kappa shape index (κ2) is 9.45. The molecule has 1 fully saturated rings. The van der Waals surface area contributed by atoms with E-state index in [9.17, 15) is 14.4 Å². The molecule has 0 radical (unpaired) electrons. The van der Waals surface area contributed by atoms with Gasteiger partial charge in [0.15, 0.2) is 0 Å². The number of aromatic nitrogens is 1. The zero-order valence-corrected chi connectivity index (χ0v) is 16.9. The third-order valence-electron chi connectivity index (χ3n) is 5.07. The Bertz CT molecular complexity index is 837. The topological polar surface area (TPSA) is 94.7 Å². The number of piperazine rings is 1. The number of nitrogens with one attached hydrogen (secondary N) is 2. The molecule has 1 aliphatic heterocycles. The van der Waals surface area contributed by atoms with E-state index in [1.165, 1.54) is 0 Å². The van der Waals surface area contributed by atoms with E-state index in [1.54, 1.807) is 22.8 Å². The molecule has 1 atom stereocenters. The van der Waals surface area contributed by atoms with Gasteiger partial charge in [-0.15, -0.1) is 0 Å². The molecule has 156 valence electrons. The minimum Gasteiger partial charge on any atom is -0.450 e. The van der Waals surface area contributed by atoms with Crippen molar-refractivity contribution in [1.29, 1.82) is 0 Å². The summed E-state index contributed by atoms with van der Waals surface area (Å²) in [5.41, 5.74) is 1.32. The standard InChI is InChI=1S/C21H28N4O4/c1-3-7-17(20(27)24-10-12-25(13-11-24)21(28)29-4-2)23-19(26)18-14-15-8-5-6-9-16(15)22-18/h5-6,8-9,14,17,22H,3-4,7,10-13H2,1-2H3,(H,23,26)/t17-/m1/s1. The Labute approximate surface area is 170 Å². The highest BCUT2D eigenvalue weighted by atomic mass is 16.6. The van der Waals surface area contributed by atoms with Gasteiger partial charge in [0.25, 0.3) is 5.91 Å². The van der Waals surface area contributed by atoms with Crippen LogP contribution in [0.4, 0.5) is 4.79 Å². The molecule has 1 saturated heterocycles. The molecule has 3 rings (SSSR count). The molecule has 29 heavy (non-hydrogen) atoms. The lowest BCUT2D eigenvalue weighted by Crippen LogP contribution is -2.55. The summed E-state index contributed by atoms with van der Waals surface area (Å²) in [7, 11) is 0. The van der Waals surface area contributed by atoms with Gasteiger partial charge in [-0.3, -0.25) is 9.59 Å². The molecule has 3 amide bonds. The summed E-state index contributed by atoms with van der Waals surface area (Å²) in [6.07, 6.45) is 0.978. The summed E-state index contributed by atoms with van der Waals surface area (Å²) in [6, 6.07) is 8.85. The van der Waals surface area contributed by atoms with Gasteiger partial charge in [0.1, 0.15) is 11.7 Å². The van der Waals surface area contributed by atoms with Crippen LogP contribution in [0, 0.1) is 0 Å². The number of fused-ring (bicyclic) bond motifs is 1. The number of carbonyl (C=O) groups is 3. The first-order valence-electron chi connectivity index (χ1n) is 10.1. The van der Waals surface area contributed by atoms with Crippen molar-refractivity contribution in [2.24, 2.45) is 0 Å². The van der Waals surface area contributed by atoms with Gasteiger partial charge in [-0.2, -0.15) is 0 Å². The molecule has 1 aromatic heterocycles. The molecule has 0 spiro atoms. The normalized spacial score (nSPS) is 15.2. The molecule has 0 aliphatic carbocycles. The van der Waals surface area contributed by atoms with Gasteiger partial charge in [0, 0.05) is 37.1 Å². The molecule has 0 unspecified atom stereocenters. The lowest BCUT2D eigenvalue weighted by atomic mass is 10.1. The molecule has 2 heterocycles. The lowest BCUT2D eigenvalue weighted by molar-refractivity contribution is -0.135. The zero-order chi connectivity index (χ0) is 20.8. The molecular formula is C21H28N4O4. The van der Waals surface area contributed by atoms with Crippen LogP contribution in [0.2, 0.25) is 0 Å². The number of nitrogens with zero attached hydrogens (tertiary/aromatic N) is 2. The van der Waals surface area contributed by atoms with Gasteiger partial charge in [-0.25, -0.2) is 4.79 Å². The molecule has 1 aromatic carbocycles. The molecular weight excluding hydrogens is 372 g/mol. The van der Waals surface area contributed by atoms with Gasteiger partial charge in [0.2, 0.25) is 5.91 Å². The van der Waals surface area contributed by atoms with Crippen molar-refractivity contribution in [3.05, 3.63) is 36.0 Å². The number of benzene rings is 1. The van der Waals surface area contributed by atoms with Crippen molar-refractivity contribution in [2.45, 2.75) is 32.7 Å². The van der Waals surface area contributed by atoms with Gasteiger partial charge < -0.3 is 24.8 Å². The van der Waals surface area contributed by atoms with Crippen LogP contribution in [0.15, 0.2) is 30.3 Å². The van der Waals surface area contributed by atoms with Crippen LogP contribution in [0.3, 0.4) is 0 Å². The largest absolute Gasteiger partial charge is 0.450 e. The Balaban J connectivity index is 1.62. The molecule has 8 nitrogen and oxygen atoms in total. The summed E-state index contributed by atoms with van der Waals surface area (Å²) < 4.78 is 5.01. The van der Waals surface area contributed by atoms with Crippen LogP contribution >= 0.6 is 0 Å². The lowest BCUT2D eigenvalue weighted by Gasteiger charge is -2.35. The highest BCUT2D eigenvalue weighted by Crippen LogP contribution is 2.15. The number of carbonyl (C=O) groups excluding carboxylic acids is 3. The van der Waals surface area contributed by atoms with Gasteiger partial charge in [-0.05, 0) is 25.5 Å². The molecule has 1 aliphatic rings. The maximum atomic E-state index is 13.0. The predicted molar refractivity (Wildman–Crippen MR) is 110 cm³/mol. The Morgan fingerprint density at radius 3 is 2.45 bits per heavy atom. The minimum absolute atomic E-state index is 0.111. The first kappa shape index (κ1) is 20.7. The van der Waals surface area contributed by atoms with Gasteiger partial charge in [0.05, 0.1) is 6.61 Å². The van der Waals surface area contributed by atoms with E-state index in [-0.39, 0.29) is 17.9 Å². The van der Waals surface area contributed by atoms with Gasteiger partial charge >= 0.3 is 6.09 Å². The number of H-pyrrole nitrogens is 1. The van der Waals surface area contributed by atoms with Crippen molar-refractivity contribution in [1.82, 2.24) is 20.1 Å². The number of hydrogen-bond acceptors (Lipinski definition) is 4. The molecule has 8 heteroatoms. The number of hydrogen-bond donors (Lipinski definition) is 2. The first-order valence-corrected chi connectivity index (χ1v) is 10.1. The predicted octanol–water partition coefficient (Wildman–Crippen LogP) is 2.37. The Morgan fingerprint density at radius 2 is 1.79 bits per heavy atom. The second-order valence-electron chi connectivity index (χ2n) is 7.10. The third kappa shape index (κ3) is 4.88. The first-order chi connectivity index (χ1) is 14.0. The SMILES string of the molecule is CCC[C@@H](NC(=O)c1cc2ccccc2[nH]1)C(=O)N1CCN(C(=O)OCC)CC1. The maximum absolute atomic E-state index is 13.0. The molecule has 2 aromatic rings. The molecule has 0 saturated carbocycles. The quantitative estimate of drug-likeness (QED) is 0.778. The van der Waals surface area contributed by atoms with Crippen molar-refractivity contribution >= 4 is 28.8 Å². The minimum atomic E-state index is -0.590. The van der Waals surface area contributed by atoms with Crippen LogP contribution in [-0.2, 0) is 9.53 Å². The molecule has 0 bridgehead atoms. The number of para-hydroxylation sites is 1. The van der Waals surface area contributed by atoms with Crippen LogP contribution in [0.5, 0.6) is 0 Å². The summed E-state index contributed by atoms with van der Waals surface area (Å²) in [4.78, 5) is 43.9. The Hall–Kier alpha value is -3.03. The smallest absolute Gasteiger partial charge is 0.409 e. The van der Waals surface area contributed by atoms with Gasteiger partial charge in [-0.1, -0.05) is 31.5 Å². The number of ether oxygens (including phenoxy) is 1. The number of amides is 3. The molecule has 2 N–H and O–H groups in total. The fourth-order valence-corrected chi connectivity index (χ4v) is 3.52. The number of rotatable bonds is 6. The van der Waals surface area contributed by atoms with E-state index < -0.39 is 6.04 Å². The highest BCUT2D eigenvalue weighted by molar-refractivity contribution is 6.00. The number of aromatic amines is 1. The Kier molecular flexibility index (Phi) is 6.74. The van der Waals surface area contributed by atoms with E-state index in [2.05, 4.69) is 10.3 Å². The van der Waals surface area contributed by atoms with Crippen LogP contribution in [0.25, 0.3) is 10.9 Å². The summed E-state index contributed by atoms with van der Waals surface area (Å²) in [5.74, 6) is -0.405. The summed E-state index contributed by atoms with van der Waals surface area (Å²) in [6.45, 7) is 5.80. The summed E-state index contributed by atoms with van der Waals surface area (Å²) in [5, 5.41) is 3.83. The van der Waals surface area contributed by atoms with Crippen LogP contribution < -0.4 is 5.32 Å². The van der Waals surface area contributed by atoms with Crippen molar-refractivity contribution in [3.8, 4) is 0 Å². The maximum Gasteiger partial charge on any atom is 0.409 e. The monoisotopic (exact) mass is 400 g/mol. The fourth-order valence-electron chi connectivity index (χ4n) is 3.52. The van der Waals surface area contributed by atoms with Crippen molar-refractivity contribution < 1.29 is 19.1 Å². The van der Waals surface area contributed by atoms with Crippen molar-refractivity contribution in [2.75, 3.05) is 32.8 Å². The average Bonchev–Trinajstić information content (AvgIpc) is 3.17. The van der Waals surface area contributed by atoms with E-state index in [1.807, 2.05) is 31.2 Å². The van der Waals surface area contributed by atoms with E-state index in [4.69, 9.17) is 4.74 Å². The van der Waals surface area contributed by atoms with Crippen molar-refractivity contribution in [3.63, 3.8) is 0 Å². The van der Waals surface area contributed by atoms with Crippen LogP contribution in [0.1, 0.15) is 37.2 Å². The Morgan fingerprint density at radius 1 is 1.10 bits per heavy atom. The third-order valence-corrected chi connectivity index (χ3v) is 5.07. The average molecular weight is 400 g/mol.